The van der Waals surface area contributed by atoms with Crippen LogP contribution in [0.1, 0.15) is 29.5 Å². The van der Waals surface area contributed by atoms with E-state index in [9.17, 15) is 0 Å². The second-order valence-corrected chi connectivity index (χ2v) is 5.50. The summed E-state index contributed by atoms with van der Waals surface area (Å²) in [6.07, 6.45) is 2.31. The largest absolute Gasteiger partial charge is 0.392 e. The lowest BCUT2D eigenvalue weighted by Gasteiger charge is -2.23. The lowest BCUT2D eigenvalue weighted by Crippen LogP contribution is -2.38. The zero-order valence-electron chi connectivity index (χ0n) is 10.6. The van der Waals surface area contributed by atoms with Crippen LogP contribution >= 0.6 is 12.2 Å². The van der Waals surface area contributed by atoms with E-state index in [1.165, 1.54) is 23.1 Å². The van der Waals surface area contributed by atoms with Gasteiger partial charge in [-0.25, -0.2) is 0 Å². The summed E-state index contributed by atoms with van der Waals surface area (Å²) < 4.78 is 0. The standard InChI is InChI=1S/C14H20N2S/c1-10-6-11(2)8-12(7-10)9-16-5-3-4-13(16)14(15)17/h6-8,13H,3-5,9H2,1-2H3,(H2,15,17). The van der Waals surface area contributed by atoms with Gasteiger partial charge in [0.2, 0.25) is 0 Å². The van der Waals surface area contributed by atoms with E-state index < -0.39 is 0 Å². The summed E-state index contributed by atoms with van der Waals surface area (Å²) in [4.78, 5) is 3.04. The van der Waals surface area contributed by atoms with Gasteiger partial charge in [-0.05, 0) is 38.8 Å². The number of nitrogens with two attached hydrogens (primary N) is 1. The fourth-order valence-corrected chi connectivity index (χ4v) is 3.00. The molecule has 0 aromatic heterocycles. The molecular formula is C14H20N2S. The molecule has 1 saturated heterocycles. The summed E-state index contributed by atoms with van der Waals surface area (Å²) in [5.74, 6) is 0. The second-order valence-electron chi connectivity index (χ2n) is 5.03. The first kappa shape index (κ1) is 12.5. The monoisotopic (exact) mass is 248 g/mol. The smallest absolute Gasteiger partial charge is 0.0902 e. The summed E-state index contributed by atoms with van der Waals surface area (Å²) in [5, 5.41) is 0. The highest BCUT2D eigenvalue weighted by molar-refractivity contribution is 7.80. The third kappa shape index (κ3) is 3.05. The van der Waals surface area contributed by atoms with E-state index >= 15 is 0 Å². The van der Waals surface area contributed by atoms with E-state index in [4.69, 9.17) is 18.0 Å². The SMILES string of the molecule is Cc1cc(C)cc(CN2CCCC2C(N)=S)c1. The first-order chi connectivity index (χ1) is 8.06. The molecule has 2 nitrogen and oxygen atoms in total. The molecule has 1 fully saturated rings. The van der Waals surface area contributed by atoms with Crippen LogP contribution in [0.15, 0.2) is 18.2 Å². The number of thiocarbonyl (C=S) groups is 1. The molecule has 0 bridgehead atoms. The number of hydrogen-bond donors (Lipinski definition) is 1. The molecule has 3 heteroatoms. The summed E-state index contributed by atoms with van der Waals surface area (Å²) in [6, 6.07) is 7.01. The Hall–Kier alpha value is -0.930. The minimum atomic E-state index is 0.297. The van der Waals surface area contributed by atoms with Crippen molar-refractivity contribution in [1.29, 1.82) is 0 Å². The Morgan fingerprint density at radius 1 is 1.35 bits per heavy atom. The van der Waals surface area contributed by atoms with Gasteiger partial charge in [0.1, 0.15) is 0 Å². The van der Waals surface area contributed by atoms with E-state index in [0.717, 1.165) is 19.5 Å². The van der Waals surface area contributed by atoms with Gasteiger partial charge in [-0.15, -0.1) is 0 Å². The normalized spacial score (nSPS) is 20.7. The highest BCUT2D eigenvalue weighted by Gasteiger charge is 2.26. The van der Waals surface area contributed by atoms with E-state index in [-0.39, 0.29) is 0 Å². The average molecular weight is 248 g/mol. The van der Waals surface area contributed by atoms with Gasteiger partial charge in [0, 0.05) is 6.54 Å². The molecule has 1 unspecified atom stereocenters. The molecule has 92 valence electrons. The van der Waals surface area contributed by atoms with E-state index in [2.05, 4.69) is 36.9 Å². The number of likely N-dealkylation sites (tertiary alicyclic amines) is 1. The number of hydrogen-bond acceptors (Lipinski definition) is 2. The summed E-state index contributed by atoms with van der Waals surface area (Å²) in [7, 11) is 0. The lowest BCUT2D eigenvalue weighted by molar-refractivity contribution is 0.295. The van der Waals surface area contributed by atoms with Gasteiger partial charge in [-0.1, -0.05) is 41.5 Å². The Labute approximate surface area is 109 Å². The van der Waals surface area contributed by atoms with Crippen molar-refractivity contribution in [2.75, 3.05) is 6.54 Å². The molecule has 0 amide bonds. The summed E-state index contributed by atoms with van der Waals surface area (Å²) in [6.45, 7) is 6.36. The fraction of sp³-hybridized carbons (Fsp3) is 0.500. The number of benzene rings is 1. The zero-order chi connectivity index (χ0) is 12.4. The quantitative estimate of drug-likeness (QED) is 0.834. The van der Waals surface area contributed by atoms with Gasteiger partial charge < -0.3 is 5.73 Å². The Balaban J connectivity index is 2.12. The maximum Gasteiger partial charge on any atom is 0.0902 e. The van der Waals surface area contributed by atoms with Gasteiger partial charge >= 0.3 is 0 Å². The fourth-order valence-electron chi connectivity index (χ4n) is 2.73. The van der Waals surface area contributed by atoms with Crippen LogP contribution in [0.5, 0.6) is 0 Å². The van der Waals surface area contributed by atoms with Crippen LogP contribution in [-0.2, 0) is 6.54 Å². The molecule has 0 radical (unpaired) electrons. The van der Waals surface area contributed by atoms with E-state index in [0.29, 0.717) is 11.0 Å². The Morgan fingerprint density at radius 2 is 2.00 bits per heavy atom. The van der Waals surface area contributed by atoms with Crippen molar-refractivity contribution in [2.24, 2.45) is 5.73 Å². The molecule has 1 aromatic carbocycles. The van der Waals surface area contributed by atoms with Crippen LogP contribution in [0.3, 0.4) is 0 Å². The molecule has 0 saturated carbocycles. The number of rotatable bonds is 3. The Kier molecular flexibility index (Phi) is 3.79. The van der Waals surface area contributed by atoms with Crippen molar-refractivity contribution in [1.82, 2.24) is 4.90 Å². The number of nitrogens with zero attached hydrogens (tertiary/aromatic N) is 1. The molecule has 1 aliphatic rings. The highest BCUT2D eigenvalue weighted by Crippen LogP contribution is 2.21. The molecule has 1 atom stereocenters. The van der Waals surface area contributed by atoms with Crippen LogP contribution in [-0.4, -0.2) is 22.5 Å². The van der Waals surface area contributed by atoms with Gasteiger partial charge in [-0.3, -0.25) is 4.90 Å². The van der Waals surface area contributed by atoms with Crippen molar-refractivity contribution in [3.63, 3.8) is 0 Å². The first-order valence-corrected chi connectivity index (χ1v) is 6.57. The molecule has 1 aliphatic heterocycles. The third-order valence-corrected chi connectivity index (χ3v) is 3.63. The molecule has 2 N–H and O–H groups in total. The summed E-state index contributed by atoms with van der Waals surface area (Å²) >= 11 is 5.14. The zero-order valence-corrected chi connectivity index (χ0v) is 11.4. The van der Waals surface area contributed by atoms with Crippen molar-refractivity contribution >= 4 is 17.2 Å². The van der Waals surface area contributed by atoms with Crippen LogP contribution < -0.4 is 5.73 Å². The van der Waals surface area contributed by atoms with Crippen LogP contribution in [0.25, 0.3) is 0 Å². The first-order valence-electron chi connectivity index (χ1n) is 6.17. The minimum Gasteiger partial charge on any atom is -0.392 e. The maximum absolute atomic E-state index is 5.79. The van der Waals surface area contributed by atoms with Crippen molar-refractivity contribution in [3.05, 3.63) is 34.9 Å². The molecular weight excluding hydrogens is 228 g/mol. The Bertz CT molecular complexity index is 408. The van der Waals surface area contributed by atoms with Gasteiger partial charge in [0.25, 0.3) is 0 Å². The molecule has 0 aliphatic carbocycles. The van der Waals surface area contributed by atoms with E-state index in [1.54, 1.807) is 0 Å². The van der Waals surface area contributed by atoms with Crippen molar-refractivity contribution < 1.29 is 0 Å². The molecule has 0 spiro atoms. The third-order valence-electron chi connectivity index (χ3n) is 3.36. The van der Waals surface area contributed by atoms with Crippen molar-refractivity contribution in [3.8, 4) is 0 Å². The van der Waals surface area contributed by atoms with Gasteiger partial charge in [0.15, 0.2) is 0 Å². The van der Waals surface area contributed by atoms with Crippen LogP contribution in [0.2, 0.25) is 0 Å². The highest BCUT2D eigenvalue weighted by atomic mass is 32.1. The maximum atomic E-state index is 5.79. The molecule has 1 aromatic rings. The van der Waals surface area contributed by atoms with Crippen LogP contribution in [0, 0.1) is 13.8 Å². The average Bonchev–Trinajstić information content (AvgIpc) is 2.63. The molecule has 17 heavy (non-hydrogen) atoms. The lowest BCUT2D eigenvalue weighted by atomic mass is 10.1. The predicted molar refractivity (Wildman–Crippen MR) is 76.1 cm³/mol. The Morgan fingerprint density at radius 3 is 2.59 bits per heavy atom. The number of aryl methyl sites for hydroxylation is 2. The minimum absolute atomic E-state index is 0.297. The topological polar surface area (TPSA) is 29.3 Å². The second kappa shape index (κ2) is 5.15. The van der Waals surface area contributed by atoms with Gasteiger partial charge in [-0.2, -0.15) is 0 Å². The van der Waals surface area contributed by atoms with E-state index in [1.807, 2.05) is 0 Å². The molecule has 1 heterocycles. The van der Waals surface area contributed by atoms with Gasteiger partial charge in [0.05, 0.1) is 11.0 Å². The summed E-state index contributed by atoms with van der Waals surface area (Å²) in [5.41, 5.74) is 9.81. The predicted octanol–water partition coefficient (Wildman–Crippen LogP) is 2.55. The van der Waals surface area contributed by atoms with Crippen molar-refractivity contribution in [2.45, 2.75) is 39.3 Å². The van der Waals surface area contributed by atoms with Crippen LogP contribution in [0.4, 0.5) is 0 Å². The molecule has 2 rings (SSSR count).